The fraction of sp³-hybridized carbons (Fsp3) is 0.933. The predicted octanol–water partition coefficient (Wildman–Crippen LogP) is 2.46. The van der Waals surface area contributed by atoms with Crippen molar-refractivity contribution < 1.29 is 4.79 Å². The molecule has 2 N–H and O–H groups in total. The standard InChI is InChI=1S/C15H28N2O/c1-2-7-15(8-10-16-11-9-15)14(18)17-12-13-5-3-4-6-13/h13,16H,2-12H2,1H3,(H,17,18). The molecule has 2 rings (SSSR count). The molecule has 0 bridgehead atoms. The fourth-order valence-electron chi connectivity index (χ4n) is 3.61. The Morgan fingerprint density at radius 3 is 2.56 bits per heavy atom. The van der Waals surface area contributed by atoms with E-state index in [-0.39, 0.29) is 5.41 Å². The summed E-state index contributed by atoms with van der Waals surface area (Å²) in [5, 5.41) is 6.62. The van der Waals surface area contributed by atoms with Gasteiger partial charge in [0.2, 0.25) is 5.91 Å². The van der Waals surface area contributed by atoms with Gasteiger partial charge in [0.05, 0.1) is 5.41 Å². The van der Waals surface area contributed by atoms with Crippen LogP contribution in [-0.4, -0.2) is 25.5 Å². The fourth-order valence-corrected chi connectivity index (χ4v) is 3.61. The summed E-state index contributed by atoms with van der Waals surface area (Å²) in [5.41, 5.74) is -0.0708. The lowest BCUT2D eigenvalue weighted by atomic mass is 9.74. The van der Waals surface area contributed by atoms with E-state index in [2.05, 4.69) is 17.6 Å². The largest absolute Gasteiger partial charge is 0.355 e. The Morgan fingerprint density at radius 2 is 1.94 bits per heavy atom. The third-order valence-electron chi connectivity index (χ3n) is 4.80. The minimum Gasteiger partial charge on any atom is -0.355 e. The van der Waals surface area contributed by atoms with Gasteiger partial charge in [-0.2, -0.15) is 0 Å². The maximum absolute atomic E-state index is 12.5. The topological polar surface area (TPSA) is 41.1 Å². The first-order valence-corrected chi connectivity index (χ1v) is 7.76. The maximum Gasteiger partial charge on any atom is 0.226 e. The van der Waals surface area contributed by atoms with Gasteiger partial charge in [0.1, 0.15) is 0 Å². The van der Waals surface area contributed by atoms with Gasteiger partial charge in [-0.05, 0) is 51.1 Å². The first kappa shape index (κ1) is 13.9. The molecule has 18 heavy (non-hydrogen) atoms. The van der Waals surface area contributed by atoms with E-state index < -0.39 is 0 Å². The van der Waals surface area contributed by atoms with Crippen molar-refractivity contribution >= 4 is 5.91 Å². The van der Waals surface area contributed by atoms with Crippen LogP contribution in [0, 0.1) is 11.3 Å². The van der Waals surface area contributed by atoms with Gasteiger partial charge in [0.25, 0.3) is 0 Å². The summed E-state index contributed by atoms with van der Waals surface area (Å²) in [6.45, 7) is 5.10. The van der Waals surface area contributed by atoms with Gasteiger partial charge < -0.3 is 10.6 Å². The van der Waals surface area contributed by atoms with E-state index in [0.29, 0.717) is 5.91 Å². The van der Waals surface area contributed by atoms with Gasteiger partial charge in [-0.1, -0.05) is 26.2 Å². The van der Waals surface area contributed by atoms with E-state index in [0.717, 1.165) is 51.2 Å². The SMILES string of the molecule is CCCC1(C(=O)NCC2CCCC2)CCNCC1. The second-order valence-electron chi connectivity index (χ2n) is 6.14. The molecule has 0 aromatic carbocycles. The minimum absolute atomic E-state index is 0.0708. The van der Waals surface area contributed by atoms with E-state index in [4.69, 9.17) is 0 Å². The van der Waals surface area contributed by atoms with Crippen LogP contribution < -0.4 is 10.6 Å². The second kappa shape index (κ2) is 6.55. The molecule has 3 nitrogen and oxygen atoms in total. The third kappa shape index (κ3) is 3.25. The van der Waals surface area contributed by atoms with Crippen LogP contribution in [0.25, 0.3) is 0 Å². The average Bonchev–Trinajstić information content (AvgIpc) is 2.90. The molecule has 0 atom stereocenters. The Balaban J connectivity index is 1.86. The van der Waals surface area contributed by atoms with Gasteiger partial charge >= 0.3 is 0 Å². The molecule has 1 amide bonds. The number of hydrogen-bond donors (Lipinski definition) is 2. The molecule has 1 aliphatic heterocycles. The summed E-state index contributed by atoms with van der Waals surface area (Å²) < 4.78 is 0. The van der Waals surface area contributed by atoms with E-state index in [1.807, 2.05) is 0 Å². The molecule has 1 heterocycles. The molecule has 0 aromatic heterocycles. The lowest BCUT2D eigenvalue weighted by molar-refractivity contribution is -0.133. The Labute approximate surface area is 111 Å². The Kier molecular flexibility index (Phi) is 5.04. The molecule has 3 heteroatoms. The monoisotopic (exact) mass is 252 g/mol. The number of carbonyl (C=O) groups excluding carboxylic acids is 1. The molecule has 2 fully saturated rings. The number of rotatable bonds is 5. The van der Waals surface area contributed by atoms with Crippen LogP contribution >= 0.6 is 0 Å². The average molecular weight is 252 g/mol. The van der Waals surface area contributed by atoms with Gasteiger partial charge in [0, 0.05) is 6.54 Å². The number of piperidine rings is 1. The molecule has 0 aromatic rings. The summed E-state index contributed by atoms with van der Waals surface area (Å²) in [5.74, 6) is 1.08. The van der Waals surface area contributed by atoms with Crippen molar-refractivity contribution in [2.24, 2.45) is 11.3 Å². The van der Waals surface area contributed by atoms with E-state index >= 15 is 0 Å². The molecule has 1 saturated heterocycles. The highest BCUT2D eigenvalue weighted by Gasteiger charge is 2.38. The Morgan fingerprint density at radius 1 is 1.28 bits per heavy atom. The third-order valence-corrected chi connectivity index (χ3v) is 4.80. The molecule has 0 spiro atoms. The molecular formula is C15H28N2O. The van der Waals surface area contributed by atoms with Crippen LogP contribution in [0.1, 0.15) is 58.3 Å². The molecule has 0 unspecified atom stereocenters. The van der Waals surface area contributed by atoms with Gasteiger partial charge in [-0.15, -0.1) is 0 Å². The van der Waals surface area contributed by atoms with Gasteiger partial charge in [-0.3, -0.25) is 4.79 Å². The summed E-state index contributed by atoms with van der Waals surface area (Å²) in [4.78, 5) is 12.5. The maximum atomic E-state index is 12.5. The predicted molar refractivity (Wildman–Crippen MR) is 74.4 cm³/mol. The normalized spacial score (nSPS) is 24.1. The van der Waals surface area contributed by atoms with Gasteiger partial charge in [0.15, 0.2) is 0 Å². The molecule has 1 aliphatic carbocycles. The van der Waals surface area contributed by atoms with Crippen LogP contribution in [0.3, 0.4) is 0 Å². The van der Waals surface area contributed by atoms with Crippen molar-refractivity contribution in [3.05, 3.63) is 0 Å². The lowest BCUT2D eigenvalue weighted by Gasteiger charge is -2.36. The first-order valence-electron chi connectivity index (χ1n) is 7.76. The zero-order valence-corrected chi connectivity index (χ0v) is 11.8. The van der Waals surface area contributed by atoms with Crippen molar-refractivity contribution in [1.82, 2.24) is 10.6 Å². The quantitative estimate of drug-likeness (QED) is 0.789. The van der Waals surface area contributed by atoms with Crippen molar-refractivity contribution in [2.75, 3.05) is 19.6 Å². The molecule has 2 aliphatic rings. The highest BCUT2D eigenvalue weighted by atomic mass is 16.2. The minimum atomic E-state index is -0.0708. The summed E-state index contributed by atoms with van der Waals surface area (Å²) in [6, 6.07) is 0. The number of nitrogens with one attached hydrogen (secondary N) is 2. The second-order valence-corrected chi connectivity index (χ2v) is 6.14. The van der Waals surface area contributed by atoms with E-state index in [1.165, 1.54) is 25.7 Å². The lowest BCUT2D eigenvalue weighted by Crippen LogP contribution is -2.48. The number of hydrogen-bond acceptors (Lipinski definition) is 2. The number of carbonyl (C=O) groups is 1. The van der Waals surface area contributed by atoms with Crippen LogP contribution in [-0.2, 0) is 4.79 Å². The van der Waals surface area contributed by atoms with E-state index in [9.17, 15) is 4.79 Å². The molecule has 1 saturated carbocycles. The van der Waals surface area contributed by atoms with Crippen molar-refractivity contribution in [1.29, 1.82) is 0 Å². The van der Waals surface area contributed by atoms with Crippen molar-refractivity contribution in [3.63, 3.8) is 0 Å². The molecular weight excluding hydrogens is 224 g/mol. The summed E-state index contributed by atoms with van der Waals surface area (Å²) in [6.07, 6.45) is 9.50. The van der Waals surface area contributed by atoms with Crippen LogP contribution in [0.2, 0.25) is 0 Å². The Hall–Kier alpha value is -0.570. The summed E-state index contributed by atoms with van der Waals surface area (Å²) in [7, 11) is 0. The van der Waals surface area contributed by atoms with Gasteiger partial charge in [-0.25, -0.2) is 0 Å². The van der Waals surface area contributed by atoms with Crippen molar-refractivity contribution in [3.8, 4) is 0 Å². The Bertz CT molecular complexity index is 260. The van der Waals surface area contributed by atoms with E-state index in [1.54, 1.807) is 0 Å². The van der Waals surface area contributed by atoms with Crippen LogP contribution in [0.15, 0.2) is 0 Å². The smallest absolute Gasteiger partial charge is 0.226 e. The highest BCUT2D eigenvalue weighted by molar-refractivity contribution is 5.82. The zero-order valence-electron chi connectivity index (χ0n) is 11.8. The highest BCUT2D eigenvalue weighted by Crippen LogP contribution is 2.34. The first-order chi connectivity index (χ1) is 8.77. The van der Waals surface area contributed by atoms with Crippen molar-refractivity contribution in [2.45, 2.75) is 58.3 Å². The summed E-state index contributed by atoms with van der Waals surface area (Å²) >= 11 is 0. The number of amides is 1. The zero-order chi connectivity index (χ0) is 12.8. The molecule has 104 valence electrons. The molecule has 0 radical (unpaired) electrons. The van der Waals surface area contributed by atoms with Crippen LogP contribution in [0.4, 0.5) is 0 Å². The van der Waals surface area contributed by atoms with Crippen LogP contribution in [0.5, 0.6) is 0 Å².